The number of alkyl carbamates (subject to hydrolysis) is 3. The molecule has 6 unspecified atom stereocenters. The zero-order chi connectivity index (χ0) is 46.2. The fourth-order valence-corrected chi connectivity index (χ4v) is 6.73. The van der Waals surface area contributed by atoms with Crippen molar-refractivity contribution in [2.75, 3.05) is 13.2 Å². The van der Waals surface area contributed by atoms with Gasteiger partial charge in [0.2, 0.25) is 5.91 Å². The third-order valence-electron chi connectivity index (χ3n) is 9.42. The maximum atomic E-state index is 13.2. The van der Waals surface area contributed by atoms with E-state index in [1.54, 1.807) is 62.3 Å². The molecule has 0 radical (unpaired) electrons. The first kappa shape index (κ1) is 51.7. The lowest BCUT2D eigenvalue weighted by atomic mass is 9.83. The van der Waals surface area contributed by atoms with Crippen molar-refractivity contribution in [1.82, 2.24) is 21.3 Å². The van der Waals surface area contributed by atoms with E-state index < -0.39 is 139 Å². The van der Waals surface area contributed by atoms with E-state index in [0.29, 0.717) is 12.8 Å². The molecule has 3 aliphatic rings. The Bertz CT molecular complexity index is 1510. The van der Waals surface area contributed by atoms with Crippen LogP contribution in [-0.4, -0.2) is 182 Å². The van der Waals surface area contributed by atoms with E-state index in [2.05, 4.69) is 27.2 Å². The zero-order valence-corrected chi connectivity index (χ0v) is 36.1. The minimum atomic E-state index is -1.99. The Morgan fingerprint density at radius 3 is 1.56 bits per heavy atom. The van der Waals surface area contributed by atoms with Gasteiger partial charge < -0.3 is 90.2 Å². The maximum Gasteiger partial charge on any atom is 0.408 e. The molecule has 22 nitrogen and oxygen atoms in total. The number of terminal acetylenes is 1. The lowest BCUT2D eigenvalue weighted by Gasteiger charge is -2.49. The third kappa shape index (κ3) is 15.6. The number of aliphatic hydroxyl groups excluding tert-OH is 7. The van der Waals surface area contributed by atoms with Crippen molar-refractivity contribution >= 4 is 24.2 Å². The van der Waals surface area contributed by atoms with E-state index in [9.17, 15) is 54.9 Å². The Labute approximate surface area is 355 Å². The van der Waals surface area contributed by atoms with E-state index in [-0.39, 0.29) is 19.4 Å². The van der Waals surface area contributed by atoms with Gasteiger partial charge in [-0.05, 0) is 75.2 Å². The number of ether oxygens (including phenoxy) is 7. The van der Waals surface area contributed by atoms with E-state index in [1.807, 2.05) is 0 Å². The molecule has 3 rings (SSSR count). The van der Waals surface area contributed by atoms with Gasteiger partial charge in [0.05, 0.1) is 24.7 Å². The number of amides is 4. The van der Waals surface area contributed by atoms with Crippen molar-refractivity contribution in [3.05, 3.63) is 0 Å². The van der Waals surface area contributed by atoms with Crippen LogP contribution in [0.15, 0.2) is 0 Å². The van der Waals surface area contributed by atoms with Crippen LogP contribution >= 0.6 is 0 Å². The van der Waals surface area contributed by atoms with Gasteiger partial charge in [0.1, 0.15) is 77.8 Å². The van der Waals surface area contributed by atoms with Crippen LogP contribution in [0.5, 0.6) is 0 Å². The first-order valence-electron chi connectivity index (χ1n) is 20.1. The minimum Gasteiger partial charge on any atom is -0.444 e. The highest BCUT2D eigenvalue weighted by molar-refractivity contribution is 5.75. The van der Waals surface area contributed by atoms with Gasteiger partial charge in [-0.2, -0.15) is 0 Å². The topological polar surface area (TPSA) is 323 Å². The van der Waals surface area contributed by atoms with E-state index in [4.69, 9.17) is 39.6 Å². The minimum absolute atomic E-state index is 0.0551. The summed E-state index contributed by atoms with van der Waals surface area (Å²) in [5.74, 6) is 1.98. The highest BCUT2D eigenvalue weighted by Gasteiger charge is 2.54. The molecule has 0 bridgehead atoms. The second-order valence-electron chi connectivity index (χ2n) is 18.2. The molecule has 350 valence electrons. The molecule has 0 spiro atoms. The van der Waals surface area contributed by atoms with Crippen LogP contribution in [0.4, 0.5) is 14.4 Å². The van der Waals surface area contributed by atoms with Gasteiger partial charge in [-0.15, -0.1) is 12.3 Å². The average molecular weight is 879 g/mol. The Balaban J connectivity index is 2.03. The number of carbonyl (C=O) groups is 4. The number of hydrogen-bond acceptors (Lipinski definition) is 18. The first-order valence-corrected chi connectivity index (χ1v) is 20.1. The number of nitrogens with one attached hydrogen (secondary N) is 4. The van der Waals surface area contributed by atoms with E-state index >= 15 is 0 Å². The molecule has 2 saturated heterocycles. The van der Waals surface area contributed by atoms with Crippen LogP contribution in [0.2, 0.25) is 0 Å². The molecule has 15 atom stereocenters. The fraction of sp³-hybridized carbons (Fsp3) is 0.846. The van der Waals surface area contributed by atoms with Gasteiger partial charge in [-0.1, -0.05) is 0 Å². The monoisotopic (exact) mass is 878 g/mol. The third-order valence-corrected chi connectivity index (χ3v) is 9.42. The standard InChI is InChI=1S/C39H66N4O18/c1-11-12-13-14-22(45)40-16-20-25(47)27(49)28(50)33(55-20)58-31-19(42-35(53)60-38(5,6)7)15-18(41-34(52)59-37(2,3)4)30(29(31)51)57-32-26(48)23(24(46)21(17-44)56-32)43-36(54)61-39(8,9)10/h1,18-21,23-33,44,46-51H,12-17H2,2-10H3,(H,40,45)(H,41,52)(H,42,53)(H,43,54)/t18-,19?,20?,21-,23?,24+,25-,26?,27+,28?,29-,30?,31-,32+,33-/m1/s1. The Morgan fingerprint density at radius 1 is 0.639 bits per heavy atom. The summed E-state index contributed by atoms with van der Waals surface area (Å²) in [4.78, 5) is 51.6. The molecule has 22 heteroatoms. The second-order valence-corrected chi connectivity index (χ2v) is 18.2. The molecular weight excluding hydrogens is 812 g/mol. The lowest BCUT2D eigenvalue weighted by molar-refractivity contribution is -0.334. The quantitative estimate of drug-likeness (QED) is 0.0562. The van der Waals surface area contributed by atoms with E-state index in [0.717, 1.165) is 0 Å². The summed E-state index contributed by atoms with van der Waals surface area (Å²) in [6.45, 7) is 13.1. The normalized spacial score (nSPS) is 34.6. The number of carbonyl (C=O) groups excluding carboxylic acids is 4. The first-order chi connectivity index (χ1) is 28.1. The molecule has 2 aliphatic heterocycles. The molecule has 1 aliphatic carbocycles. The summed E-state index contributed by atoms with van der Waals surface area (Å²) in [5.41, 5.74) is -3.01. The summed E-state index contributed by atoms with van der Waals surface area (Å²) in [5, 5.41) is 87.5. The Hall–Kier alpha value is -3.60. The molecular formula is C39H66N4O18. The van der Waals surface area contributed by atoms with Gasteiger partial charge in [-0.3, -0.25) is 4.79 Å². The number of unbranched alkanes of at least 4 members (excludes halogenated alkanes) is 1. The summed E-state index contributed by atoms with van der Waals surface area (Å²) in [6.07, 6.45) is -18.5. The number of aliphatic hydroxyl groups is 7. The fourth-order valence-electron chi connectivity index (χ4n) is 6.73. The summed E-state index contributed by atoms with van der Waals surface area (Å²) in [6, 6.07) is -4.24. The molecule has 1 saturated carbocycles. The maximum absolute atomic E-state index is 13.2. The number of rotatable bonds is 13. The smallest absolute Gasteiger partial charge is 0.408 e. The van der Waals surface area contributed by atoms with Gasteiger partial charge in [-0.25, -0.2) is 14.4 Å². The molecule has 2 heterocycles. The van der Waals surface area contributed by atoms with Crippen LogP contribution in [0, 0.1) is 12.3 Å². The predicted octanol–water partition coefficient (Wildman–Crippen LogP) is -1.63. The van der Waals surface area contributed by atoms with Crippen molar-refractivity contribution in [1.29, 1.82) is 0 Å². The summed E-state index contributed by atoms with van der Waals surface area (Å²) in [7, 11) is 0. The van der Waals surface area contributed by atoms with Gasteiger partial charge in [0, 0.05) is 19.4 Å². The molecule has 0 aromatic rings. The van der Waals surface area contributed by atoms with Gasteiger partial charge in [0.25, 0.3) is 0 Å². The number of hydrogen-bond donors (Lipinski definition) is 11. The largest absolute Gasteiger partial charge is 0.444 e. The molecule has 4 amide bonds. The second kappa shape index (κ2) is 21.7. The van der Waals surface area contributed by atoms with Crippen molar-refractivity contribution in [3.8, 4) is 12.3 Å². The molecule has 0 aromatic heterocycles. The van der Waals surface area contributed by atoms with Crippen molar-refractivity contribution < 1.29 is 88.1 Å². The van der Waals surface area contributed by atoms with Crippen LogP contribution in [0.3, 0.4) is 0 Å². The average Bonchev–Trinajstić information content (AvgIpc) is 3.11. The summed E-state index contributed by atoms with van der Waals surface area (Å²) >= 11 is 0. The van der Waals surface area contributed by atoms with E-state index in [1.165, 1.54) is 0 Å². The molecule has 0 aromatic carbocycles. The highest BCUT2D eigenvalue weighted by Crippen LogP contribution is 2.33. The van der Waals surface area contributed by atoms with Crippen LogP contribution in [0.1, 0.15) is 88.0 Å². The summed E-state index contributed by atoms with van der Waals surface area (Å²) < 4.78 is 40.0. The van der Waals surface area contributed by atoms with Crippen molar-refractivity contribution in [2.45, 2.75) is 197 Å². The lowest BCUT2D eigenvalue weighted by Crippen LogP contribution is -2.70. The van der Waals surface area contributed by atoms with Crippen LogP contribution in [0.25, 0.3) is 0 Å². The Kier molecular flexibility index (Phi) is 18.4. The SMILES string of the molecule is C#CCCCC(=O)NCC1O[C@H](O[C@@H]2C(NC(=O)OC(C)(C)C)C[C@@H](NC(=O)OC(C)(C)C)C(O[C@@H]3O[C@H](CO)[C@H](O)C(NC(=O)OC(C)(C)C)C3O)[C@H]2O)C(O)[C@@H](O)[C@@H]1O. The van der Waals surface area contributed by atoms with Crippen LogP contribution < -0.4 is 21.3 Å². The highest BCUT2D eigenvalue weighted by atomic mass is 16.7. The van der Waals surface area contributed by atoms with Gasteiger partial charge in [0.15, 0.2) is 12.6 Å². The van der Waals surface area contributed by atoms with Crippen molar-refractivity contribution in [2.24, 2.45) is 0 Å². The zero-order valence-electron chi connectivity index (χ0n) is 36.1. The Morgan fingerprint density at radius 2 is 1.10 bits per heavy atom. The molecule has 3 fully saturated rings. The van der Waals surface area contributed by atoms with Gasteiger partial charge >= 0.3 is 18.3 Å². The predicted molar refractivity (Wildman–Crippen MR) is 210 cm³/mol. The van der Waals surface area contributed by atoms with Crippen LogP contribution in [-0.2, 0) is 38.0 Å². The molecule has 61 heavy (non-hydrogen) atoms. The van der Waals surface area contributed by atoms with Crippen molar-refractivity contribution in [3.63, 3.8) is 0 Å². The molecule has 11 N–H and O–H groups in total.